The molecular weight excluding hydrogens is 228 g/mol. The van der Waals surface area contributed by atoms with Crippen LogP contribution in [-0.2, 0) is 4.79 Å². The number of rotatable bonds is 4. The summed E-state index contributed by atoms with van der Waals surface area (Å²) in [6.45, 7) is 1.02. The molecule has 1 fully saturated rings. The van der Waals surface area contributed by atoms with Crippen molar-refractivity contribution in [1.82, 2.24) is 5.32 Å². The highest BCUT2D eigenvalue weighted by molar-refractivity contribution is 5.92. The first-order chi connectivity index (χ1) is 8.79. The van der Waals surface area contributed by atoms with Gasteiger partial charge in [-0.25, -0.2) is 0 Å². The van der Waals surface area contributed by atoms with Gasteiger partial charge in [-0.2, -0.15) is 0 Å². The Kier molecular flexibility index (Phi) is 4.59. The van der Waals surface area contributed by atoms with Gasteiger partial charge < -0.3 is 15.4 Å². The van der Waals surface area contributed by atoms with Crippen molar-refractivity contribution in [3.63, 3.8) is 0 Å². The molecule has 0 spiro atoms. The van der Waals surface area contributed by atoms with E-state index in [9.17, 15) is 4.79 Å². The van der Waals surface area contributed by atoms with E-state index in [1.165, 1.54) is 12.8 Å². The maximum atomic E-state index is 11.9. The molecule has 0 radical (unpaired) electrons. The van der Waals surface area contributed by atoms with Crippen LogP contribution in [0.2, 0.25) is 0 Å². The SMILES string of the molecule is COc1ccccc1NC(=O)CC1CCCCN1. The van der Waals surface area contributed by atoms with Crippen LogP contribution in [0.5, 0.6) is 5.75 Å². The lowest BCUT2D eigenvalue weighted by Gasteiger charge is -2.23. The summed E-state index contributed by atoms with van der Waals surface area (Å²) in [6, 6.07) is 7.78. The summed E-state index contributed by atoms with van der Waals surface area (Å²) in [5.74, 6) is 0.737. The number of carbonyl (C=O) groups is 1. The van der Waals surface area contributed by atoms with Gasteiger partial charge in [-0.15, -0.1) is 0 Å². The van der Waals surface area contributed by atoms with Gasteiger partial charge in [-0.1, -0.05) is 18.6 Å². The highest BCUT2D eigenvalue weighted by Crippen LogP contribution is 2.23. The summed E-state index contributed by atoms with van der Waals surface area (Å²) < 4.78 is 5.21. The number of nitrogens with one attached hydrogen (secondary N) is 2. The number of anilines is 1. The Morgan fingerprint density at radius 2 is 2.28 bits per heavy atom. The van der Waals surface area contributed by atoms with Crippen LogP contribution >= 0.6 is 0 Å². The summed E-state index contributed by atoms with van der Waals surface area (Å²) in [5, 5.41) is 6.28. The van der Waals surface area contributed by atoms with Gasteiger partial charge in [0.2, 0.25) is 5.91 Å². The molecule has 1 atom stereocenters. The molecule has 1 aromatic rings. The number of para-hydroxylation sites is 2. The standard InChI is InChI=1S/C14H20N2O2/c1-18-13-8-3-2-7-12(13)16-14(17)10-11-6-4-5-9-15-11/h2-3,7-8,11,15H,4-6,9-10H2,1H3,(H,16,17). The summed E-state index contributed by atoms with van der Waals surface area (Å²) in [6.07, 6.45) is 4.03. The zero-order valence-electron chi connectivity index (χ0n) is 10.7. The monoisotopic (exact) mass is 248 g/mol. The van der Waals surface area contributed by atoms with Crippen LogP contribution in [0.25, 0.3) is 0 Å². The van der Waals surface area contributed by atoms with Gasteiger partial charge >= 0.3 is 0 Å². The molecule has 1 saturated heterocycles. The van der Waals surface area contributed by atoms with Gasteiger partial charge in [0.15, 0.2) is 0 Å². The molecule has 2 rings (SSSR count). The first-order valence-electron chi connectivity index (χ1n) is 6.46. The maximum Gasteiger partial charge on any atom is 0.226 e. The number of methoxy groups -OCH3 is 1. The van der Waals surface area contributed by atoms with Gasteiger partial charge in [0, 0.05) is 12.5 Å². The lowest BCUT2D eigenvalue weighted by Crippen LogP contribution is -2.36. The second-order valence-corrected chi connectivity index (χ2v) is 4.60. The normalized spacial score (nSPS) is 19.3. The van der Waals surface area contributed by atoms with Crippen LogP contribution in [0.4, 0.5) is 5.69 Å². The molecule has 1 heterocycles. The van der Waals surface area contributed by atoms with Crippen LogP contribution in [0.1, 0.15) is 25.7 Å². The Balaban J connectivity index is 1.90. The second kappa shape index (κ2) is 6.40. The first kappa shape index (κ1) is 12.9. The van der Waals surface area contributed by atoms with Crippen LogP contribution in [0, 0.1) is 0 Å². The fourth-order valence-corrected chi connectivity index (χ4v) is 2.27. The summed E-state index contributed by atoms with van der Waals surface area (Å²) in [7, 11) is 1.60. The molecular formula is C14H20N2O2. The molecule has 1 amide bonds. The zero-order chi connectivity index (χ0) is 12.8. The molecule has 1 aromatic carbocycles. The third-order valence-electron chi connectivity index (χ3n) is 3.23. The van der Waals surface area contributed by atoms with Crippen molar-refractivity contribution in [1.29, 1.82) is 0 Å². The molecule has 0 saturated carbocycles. The predicted molar refractivity (Wildman–Crippen MR) is 71.9 cm³/mol. The van der Waals surface area contributed by atoms with Crippen molar-refractivity contribution < 1.29 is 9.53 Å². The van der Waals surface area contributed by atoms with E-state index in [-0.39, 0.29) is 5.91 Å². The number of hydrogen-bond acceptors (Lipinski definition) is 3. The molecule has 4 heteroatoms. The average Bonchev–Trinajstić information content (AvgIpc) is 2.40. The van der Waals surface area contributed by atoms with E-state index in [2.05, 4.69) is 10.6 Å². The molecule has 0 aliphatic carbocycles. The molecule has 1 unspecified atom stereocenters. The van der Waals surface area contributed by atoms with E-state index in [0.717, 1.165) is 18.7 Å². The Hall–Kier alpha value is -1.55. The second-order valence-electron chi connectivity index (χ2n) is 4.60. The molecule has 2 N–H and O–H groups in total. The number of hydrogen-bond donors (Lipinski definition) is 2. The molecule has 98 valence electrons. The number of ether oxygens (including phenoxy) is 1. The van der Waals surface area contributed by atoms with Crippen LogP contribution in [0.15, 0.2) is 24.3 Å². The highest BCUT2D eigenvalue weighted by Gasteiger charge is 2.16. The van der Waals surface area contributed by atoms with Gasteiger partial charge in [-0.3, -0.25) is 4.79 Å². The van der Waals surface area contributed by atoms with E-state index >= 15 is 0 Å². The van der Waals surface area contributed by atoms with Crippen molar-refractivity contribution in [2.45, 2.75) is 31.7 Å². The van der Waals surface area contributed by atoms with E-state index in [1.54, 1.807) is 7.11 Å². The fourth-order valence-electron chi connectivity index (χ4n) is 2.27. The molecule has 1 aliphatic rings. The van der Waals surface area contributed by atoms with Crippen molar-refractivity contribution >= 4 is 11.6 Å². The number of benzene rings is 1. The molecule has 0 aromatic heterocycles. The minimum Gasteiger partial charge on any atom is -0.495 e. The van der Waals surface area contributed by atoms with Crippen molar-refractivity contribution in [3.05, 3.63) is 24.3 Å². The lowest BCUT2D eigenvalue weighted by atomic mass is 10.0. The van der Waals surface area contributed by atoms with E-state index < -0.39 is 0 Å². The quantitative estimate of drug-likeness (QED) is 0.858. The summed E-state index contributed by atoms with van der Waals surface area (Å²) in [4.78, 5) is 11.9. The topological polar surface area (TPSA) is 50.4 Å². The van der Waals surface area contributed by atoms with E-state index in [4.69, 9.17) is 4.74 Å². The van der Waals surface area contributed by atoms with Crippen LogP contribution in [0.3, 0.4) is 0 Å². The predicted octanol–water partition coefficient (Wildman–Crippen LogP) is 2.17. The minimum atomic E-state index is 0.0406. The summed E-state index contributed by atoms with van der Waals surface area (Å²) >= 11 is 0. The van der Waals surface area contributed by atoms with Gasteiger partial charge in [-0.05, 0) is 31.5 Å². The zero-order valence-corrected chi connectivity index (χ0v) is 10.7. The Morgan fingerprint density at radius 3 is 3.00 bits per heavy atom. The smallest absolute Gasteiger partial charge is 0.226 e. The Labute approximate surface area is 108 Å². The van der Waals surface area contributed by atoms with Crippen LogP contribution < -0.4 is 15.4 Å². The third kappa shape index (κ3) is 3.47. The summed E-state index contributed by atoms with van der Waals surface area (Å²) in [5.41, 5.74) is 0.737. The van der Waals surface area contributed by atoms with Gasteiger partial charge in [0.1, 0.15) is 5.75 Å². The van der Waals surface area contributed by atoms with Crippen LogP contribution in [-0.4, -0.2) is 25.6 Å². The Bertz CT molecular complexity index is 401. The van der Waals surface area contributed by atoms with Crippen molar-refractivity contribution in [2.24, 2.45) is 0 Å². The fraction of sp³-hybridized carbons (Fsp3) is 0.500. The van der Waals surface area contributed by atoms with Crippen molar-refractivity contribution in [3.8, 4) is 5.75 Å². The maximum absolute atomic E-state index is 11.9. The van der Waals surface area contributed by atoms with Gasteiger partial charge in [0.05, 0.1) is 12.8 Å². The number of amides is 1. The molecule has 18 heavy (non-hydrogen) atoms. The average molecular weight is 248 g/mol. The first-order valence-corrected chi connectivity index (χ1v) is 6.46. The van der Waals surface area contributed by atoms with E-state index in [0.29, 0.717) is 18.2 Å². The molecule has 0 bridgehead atoms. The lowest BCUT2D eigenvalue weighted by molar-refractivity contribution is -0.116. The third-order valence-corrected chi connectivity index (χ3v) is 3.23. The minimum absolute atomic E-state index is 0.0406. The number of piperidine rings is 1. The molecule has 1 aliphatic heterocycles. The van der Waals surface area contributed by atoms with E-state index in [1.807, 2.05) is 24.3 Å². The van der Waals surface area contributed by atoms with Gasteiger partial charge in [0.25, 0.3) is 0 Å². The number of carbonyl (C=O) groups excluding carboxylic acids is 1. The highest BCUT2D eigenvalue weighted by atomic mass is 16.5. The Morgan fingerprint density at radius 1 is 1.44 bits per heavy atom. The largest absolute Gasteiger partial charge is 0.495 e. The molecule has 4 nitrogen and oxygen atoms in total. The van der Waals surface area contributed by atoms with Crippen molar-refractivity contribution in [2.75, 3.05) is 19.0 Å².